The van der Waals surface area contributed by atoms with Gasteiger partial charge in [-0.1, -0.05) is 18.2 Å². The van der Waals surface area contributed by atoms with E-state index in [2.05, 4.69) is 10.3 Å². The molecular formula is C22H22N2O4. The predicted octanol–water partition coefficient (Wildman–Crippen LogP) is 3.57. The van der Waals surface area contributed by atoms with Crippen LogP contribution in [0.3, 0.4) is 0 Å². The molecule has 0 atom stereocenters. The lowest BCUT2D eigenvalue weighted by Crippen LogP contribution is -2.25. The number of aryl methyl sites for hydroxylation is 1. The van der Waals surface area contributed by atoms with Crippen LogP contribution in [0.15, 0.2) is 47.3 Å². The average molecular weight is 378 g/mol. The number of aromatic nitrogens is 1. The molecule has 0 spiro atoms. The number of ether oxygens (including phenoxy) is 2. The fourth-order valence-corrected chi connectivity index (χ4v) is 3.55. The number of carbonyl (C=O) groups excluding carboxylic acids is 1. The van der Waals surface area contributed by atoms with Gasteiger partial charge >= 0.3 is 0 Å². The van der Waals surface area contributed by atoms with Gasteiger partial charge in [-0.2, -0.15) is 0 Å². The molecule has 1 aromatic heterocycles. The topological polar surface area (TPSA) is 80.4 Å². The van der Waals surface area contributed by atoms with Crippen LogP contribution in [0.5, 0.6) is 11.5 Å². The van der Waals surface area contributed by atoms with E-state index in [-0.39, 0.29) is 23.7 Å². The van der Waals surface area contributed by atoms with E-state index in [0.717, 1.165) is 22.9 Å². The molecule has 0 radical (unpaired) electrons. The van der Waals surface area contributed by atoms with E-state index in [1.54, 1.807) is 24.3 Å². The first-order chi connectivity index (χ1) is 13.3. The van der Waals surface area contributed by atoms with Crippen molar-refractivity contribution in [2.24, 2.45) is 0 Å². The Hall–Kier alpha value is -3.28. The second kappa shape index (κ2) is 6.71. The fourth-order valence-electron chi connectivity index (χ4n) is 3.55. The summed E-state index contributed by atoms with van der Waals surface area (Å²) in [7, 11) is 0. The molecule has 0 saturated heterocycles. The van der Waals surface area contributed by atoms with Crippen molar-refractivity contribution < 1.29 is 14.3 Å². The van der Waals surface area contributed by atoms with Gasteiger partial charge in [0, 0.05) is 29.1 Å². The summed E-state index contributed by atoms with van der Waals surface area (Å²) in [5.74, 6) is 0.986. The average Bonchev–Trinajstić information content (AvgIpc) is 2.93. The number of anilines is 1. The SMILES string of the molecule is Cc1cc(=O)[nH]c2cc(NC(=O)COc3cccc4c3OC(C)(C)C4)ccc12. The second-order valence-electron chi connectivity index (χ2n) is 7.70. The second-order valence-corrected chi connectivity index (χ2v) is 7.70. The van der Waals surface area contributed by atoms with Crippen LogP contribution in [-0.4, -0.2) is 23.1 Å². The van der Waals surface area contributed by atoms with Crippen LogP contribution in [0.2, 0.25) is 0 Å². The minimum atomic E-state index is -0.288. The zero-order valence-corrected chi connectivity index (χ0v) is 16.1. The minimum absolute atomic E-state index is 0.136. The zero-order chi connectivity index (χ0) is 19.9. The first kappa shape index (κ1) is 18.1. The summed E-state index contributed by atoms with van der Waals surface area (Å²) in [6, 6.07) is 12.7. The van der Waals surface area contributed by atoms with Crippen molar-refractivity contribution in [2.45, 2.75) is 32.8 Å². The standard InChI is InChI=1S/C22H22N2O4/c1-13-9-19(25)24-17-10-15(7-8-16(13)17)23-20(26)12-27-18-6-4-5-14-11-22(2,3)28-21(14)18/h4-10H,11-12H2,1-3H3,(H,23,26)(H,24,25). The molecule has 2 N–H and O–H groups in total. The largest absolute Gasteiger partial charge is 0.483 e. The third-order valence-electron chi connectivity index (χ3n) is 4.75. The molecule has 4 rings (SSSR count). The normalized spacial score (nSPS) is 14.4. The van der Waals surface area contributed by atoms with Gasteiger partial charge in [0.25, 0.3) is 5.91 Å². The molecule has 144 valence electrons. The van der Waals surface area contributed by atoms with Crippen LogP contribution in [0.25, 0.3) is 10.9 Å². The third-order valence-corrected chi connectivity index (χ3v) is 4.75. The van der Waals surface area contributed by atoms with E-state index in [4.69, 9.17) is 9.47 Å². The van der Waals surface area contributed by atoms with E-state index in [1.807, 2.05) is 39.0 Å². The molecule has 0 aliphatic carbocycles. The van der Waals surface area contributed by atoms with Crippen LogP contribution in [0, 0.1) is 6.92 Å². The van der Waals surface area contributed by atoms with E-state index >= 15 is 0 Å². The van der Waals surface area contributed by atoms with Crippen molar-refractivity contribution >= 4 is 22.5 Å². The molecule has 6 heteroatoms. The Morgan fingerprint density at radius 1 is 1.25 bits per heavy atom. The molecule has 0 saturated carbocycles. The van der Waals surface area contributed by atoms with Gasteiger partial charge in [-0.15, -0.1) is 0 Å². The Morgan fingerprint density at radius 2 is 2.07 bits per heavy atom. The van der Waals surface area contributed by atoms with E-state index in [9.17, 15) is 9.59 Å². The minimum Gasteiger partial charge on any atom is -0.483 e. The molecule has 28 heavy (non-hydrogen) atoms. The Morgan fingerprint density at radius 3 is 2.89 bits per heavy atom. The van der Waals surface area contributed by atoms with Gasteiger partial charge in [0.1, 0.15) is 5.60 Å². The lowest BCUT2D eigenvalue weighted by molar-refractivity contribution is -0.118. The molecule has 0 bridgehead atoms. The summed E-state index contributed by atoms with van der Waals surface area (Å²) in [6.45, 7) is 5.79. The van der Waals surface area contributed by atoms with E-state index in [0.29, 0.717) is 22.7 Å². The van der Waals surface area contributed by atoms with Crippen molar-refractivity contribution in [3.05, 3.63) is 63.9 Å². The number of fused-ring (bicyclic) bond motifs is 2. The molecule has 3 aromatic rings. The summed E-state index contributed by atoms with van der Waals surface area (Å²) < 4.78 is 11.7. The summed E-state index contributed by atoms with van der Waals surface area (Å²) >= 11 is 0. The number of para-hydroxylation sites is 1. The van der Waals surface area contributed by atoms with Crippen molar-refractivity contribution in [3.63, 3.8) is 0 Å². The number of carbonyl (C=O) groups is 1. The highest BCUT2D eigenvalue weighted by Gasteiger charge is 2.32. The molecule has 1 aliphatic heterocycles. The van der Waals surface area contributed by atoms with Crippen LogP contribution < -0.4 is 20.3 Å². The number of H-pyrrole nitrogens is 1. The fraction of sp³-hybridized carbons (Fsp3) is 0.273. The molecule has 0 unspecified atom stereocenters. The molecule has 6 nitrogen and oxygen atoms in total. The molecule has 2 aromatic carbocycles. The maximum absolute atomic E-state index is 12.3. The van der Waals surface area contributed by atoms with Crippen molar-refractivity contribution in [2.75, 3.05) is 11.9 Å². The monoisotopic (exact) mass is 378 g/mol. The number of nitrogens with one attached hydrogen (secondary N) is 2. The van der Waals surface area contributed by atoms with Crippen molar-refractivity contribution in [3.8, 4) is 11.5 Å². The van der Waals surface area contributed by atoms with Gasteiger partial charge in [0.15, 0.2) is 18.1 Å². The summed E-state index contributed by atoms with van der Waals surface area (Å²) in [5, 5.41) is 3.74. The number of rotatable bonds is 4. The van der Waals surface area contributed by atoms with Gasteiger partial charge in [0.2, 0.25) is 5.56 Å². The number of pyridine rings is 1. The predicted molar refractivity (Wildman–Crippen MR) is 108 cm³/mol. The summed E-state index contributed by atoms with van der Waals surface area (Å²) in [4.78, 5) is 26.8. The van der Waals surface area contributed by atoms with Crippen LogP contribution >= 0.6 is 0 Å². The van der Waals surface area contributed by atoms with Gasteiger partial charge in [-0.25, -0.2) is 0 Å². The molecule has 1 amide bonds. The molecule has 1 aliphatic rings. The van der Waals surface area contributed by atoms with Crippen LogP contribution in [0.1, 0.15) is 25.0 Å². The van der Waals surface area contributed by atoms with Crippen LogP contribution in [-0.2, 0) is 11.2 Å². The number of hydrogen-bond acceptors (Lipinski definition) is 4. The van der Waals surface area contributed by atoms with Gasteiger partial charge < -0.3 is 19.8 Å². The van der Waals surface area contributed by atoms with Gasteiger partial charge in [-0.05, 0) is 44.5 Å². The van der Waals surface area contributed by atoms with E-state index < -0.39 is 0 Å². The first-order valence-electron chi connectivity index (χ1n) is 9.18. The Bertz CT molecular complexity index is 1130. The Labute approximate surface area is 162 Å². The number of hydrogen-bond donors (Lipinski definition) is 2. The first-order valence-corrected chi connectivity index (χ1v) is 9.18. The lowest BCUT2D eigenvalue weighted by atomic mass is 10.0. The van der Waals surface area contributed by atoms with Gasteiger partial charge in [-0.3, -0.25) is 9.59 Å². The van der Waals surface area contributed by atoms with Gasteiger partial charge in [0.05, 0.1) is 5.52 Å². The molecular weight excluding hydrogens is 356 g/mol. The maximum Gasteiger partial charge on any atom is 0.262 e. The quantitative estimate of drug-likeness (QED) is 0.727. The van der Waals surface area contributed by atoms with Crippen molar-refractivity contribution in [1.82, 2.24) is 4.98 Å². The highest BCUT2D eigenvalue weighted by molar-refractivity contribution is 5.94. The maximum atomic E-state index is 12.3. The Balaban J connectivity index is 1.46. The number of benzene rings is 2. The highest BCUT2D eigenvalue weighted by atomic mass is 16.5. The highest BCUT2D eigenvalue weighted by Crippen LogP contribution is 2.41. The summed E-state index contributed by atoms with van der Waals surface area (Å²) in [5.41, 5.74) is 2.80. The summed E-state index contributed by atoms with van der Waals surface area (Å²) in [6.07, 6.45) is 0.806. The van der Waals surface area contributed by atoms with Crippen LogP contribution in [0.4, 0.5) is 5.69 Å². The molecule has 0 fully saturated rings. The molecule has 2 heterocycles. The van der Waals surface area contributed by atoms with Crippen molar-refractivity contribution in [1.29, 1.82) is 0 Å². The lowest BCUT2D eigenvalue weighted by Gasteiger charge is -2.18. The smallest absolute Gasteiger partial charge is 0.262 e. The van der Waals surface area contributed by atoms with E-state index in [1.165, 1.54) is 0 Å². The number of aromatic amines is 1. The number of amides is 1. The zero-order valence-electron chi connectivity index (χ0n) is 16.1. The third kappa shape index (κ3) is 3.58. The Kier molecular flexibility index (Phi) is 4.34.